The van der Waals surface area contributed by atoms with Crippen molar-refractivity contribution in [3.8, 4) is 0 Å². The Bertz CT molecular complexity index is 2220. The van der Waals surface area contributed by atoms with E-state index in [4.69, 9.17) is 4.74 Å². The fourth-order valence-corrected chi connectivity index (χ4v) is 7.66. The highest BCUT2D eigenvalue weighted by Crippen LogP contribution is 2.33. The molecule has 2 atom stereocenters. The number of ether oxygens (including phenoxy) is 1. The second-order valence-corrected chi connectivity index (χ2v) is 13.9. The third-order valence-corrected chi connectivity index (χ3v) is 10.6. The number of piperazine rings is 1. The number of aromatic nitrogens is 2. The van der Waals surface area contributed by atoms with Crippen LogP contribution >= 0.6 is 0 Å². The number of piperidine rings is 1. The molecule has 0 radical (unpaired) electrons. The van der Waals surface area contributed by atoms with Crippen molar-refractivity contribution in [3.05, 3.63) is 112 Å². The van der Waals surface area contributed by atoms with Crippen molar-refractivity contribution >= 4 is 46.9 Å². The van der Waals surface area contributed by atoms with Gasteiger partial charge in [0, 0.05) is 68.6 Å². The van der Waals surface area contributed by atoms with Gasteiger partial charge in [-0.2, -0.15) is 5.10 Å². The highest BCUT2D eigenvalue weighted by molar-refractivity contribution is 6.23. The molecule has 0 bridgehead atoms. The second-order valence-electron chi connectivity index (χ2n) is 13.9. The minimum atomic E-state index is -1.17. The van der Waals surface area contributed by atoms with E-state index in [0.717, 1.165) is 27.4 Å². The summed E-state index contributed by atoms with van der Waals surface area (Å²) in [5.74, 6) is -3.79. The number of methoxy groups -OCH3 is 1. The average Bonchev–Trinajstić information content (AvgIpc) is 3.86. The van der Waals surface area contributed by atoms with Gasteiger partial charge in [0.1, 0.15) is 11.9 Å². The fourth-order valence-electron chi connectivity index (χ4n) is 7.66. The Kier molecular flexibility index (Phi) is 9.44. The van der Waals surface area contributed by atoms with E-state index in [1.54, 1.807) is 17.0 Å². The molecule has 5 heterocycles. The molecule has 4 aliphatic heterocycles. The molecule has 1 unspecified atom stereocenters. The second kappa shape index (κ2) is 14.5. The Morgan fingerprint density at radius 3 is 2.40 bits per heavy atom. The number of nitrogens with one attached hydrogen (secondary N) is 3. The quantitative estimate of drug-likeness (QED) is 0.216. The van der Waals surface area contributed by atoms with Crippen LogP contribution in [0, 0.1) is 5.82 Å². The lowest BCUT2D eigenvalue weighted by Crippen LogP contribution is -2.54. The van der Waals surface area contributed by atoms with Gasteiger partial charge >= 0.3 is 0 Å². The minimum absolute atomic E-state index is 0.00691. The van der Waals surface area contributed by atoms with Gasteiger partial charge in [-0.3, -0.25) is 49.0 Å². The number of carbonyl (C=O) groups excluding carboxylic acids is 6. The number of H-pyrrole nitrogens is 1. The molecule has 4 aromatic rings. The molecule has 4 aliphatic rings. The number of carbonyl (C=O) groups is 6. The Morgan fingerprint density at radius 1 is 0.945 bits per heavy atom. The van der Waals surface area contributed by atoms with Gasteiger partial charge in [0.05, 0.1) is 29.9 Å². The summed E-state index contributed by atoms with van der Waals surface area (Å²) in [5, 5.41) is 12.2. The van der Waals surface area contributed by atoms with Gasteiger partial charge in [0.2, 0.25) is 11.8 Å². The van der Waals surface area contributed by atoms with Gasteiger partial charge in [-0.1, -0.05) is 36.4 Å². The number of anilines is 2. The first-order valence-electron chi connectivity index (χ1n) is 18.0. The van der Waals surface area contributed by atoms with Gasteiger partial charge in [0.15, 0.2) is 11.9 Å². The maximum atomic E-state index is 15.8. The summed E-state index contributed by atoms with van der Waals surface area (Å²) >= 11 is 0. The SMILES string of the molecule is CO[C@@H](C(=O)N1Cc2[nH]nc(NC(=O)c3ccc(N4CCN(Cc5ccc6c(c5F)C(=O)N(C5CCC(=O)NC5=O)C6=O)CC4)cc3)c2C1)c1ccccc1. The van der Waals surface area contributed by atoms with Crippen LogP contribution in [0.2, 0.25) is 0 Å². The number of fused-ring (bicyclic) bond motifs is 2. The summed E-state index contributed by atoms with van der Waals surface area (Å²) in [6, 6.07) is 18.2. The van der Waals surface area contributed by atoms with Crippen molar-refractivity contribution in [3.63, 3.8) is 0 Å². The Balaban J connectivity index is 0.851. The number of hydrogen-bond donors (Lipinski definition) is 3. The Morgan fingerprint density at radius 2 is 1.69 bits per heavy atom. The number of imide groups is 2. The normalized spacial score (nSPS) is 19.0. The van der Waals surface area contributed by atoms with Crippen LogP contribution in [0.3, 0.4) is 0 Å². The van der Waals surface area contributed by atoms with E-state index in [2.05, 4.69) is 30.6 Å². The number of nitrogens with zero attached hydrogens (tertiary/aromatic N) is 5. The lowest BCUT2D eigenvalue weighted by atomic mass is 10.0. The monoisotopic (exact) mass is 748 g/mol. The molecule has 282 valence electrons. The standard InChI is InChI=1S/C39H37FN8O7/c1-55-33(22-5-3-2-4-6-22)39(54)47-20-27-28(21-47)43-44-34(27)42-35(50)23-7-10-25(11-8-23)46-17-15-45(16-18-46)19-24-9-12-26-31(32(24)40)38(53)48(37(26)52)29-13-14-30(49)41-36(29)51/h2-12,29,33H,13-21H2,1H3,(H,41,49,51)(H2,42,43,44,50)/t29?,33-/m1/s1. The summed E-state index contributed by atoms with van der Waals surface area (Å²) < 4.78 is 21.3. The van der Waals surface area contributed by atoms with Gasteiger partial charge in [-0.15, -0.1) is 0 Å². The molecule has 2 saturated heterocycles. The first-order valence-corrected chi connectivity index (χ1v) is 18.0. The van der Waals surface area contributed by atoms with Crippen molar-refractivity contribution in [2.24, 2.45) is 0 Å². The Hall–Kier alpha value is -6.26. The first-order chi connectivity index (χ1) is 26.6. The molecule has 55 heavy (non-hydrogen) atoms. The summed E-state index contributed by atoms with van der Waals surface area (Å²) in [6.45, 7) is 3.25. The maximum Gasteiger partial charge on any atom is 0.265 e. The van der Waals surface area contributed by atoms with E-state index in [9.17, 15) is 28.8 Å². The molecular weight excluding hydrogens is 711 g/mol. The zero-order valence-electron chi connectivity index (χ0n) is 29.8. The van der Waals surface area contributed by atoms with Crippen LogP contribution in [0.1, 0.15) is 72.4 Å². The van der Waals surface area contributed by atoms with Crippen molar-refractivity contribution in [1.82, 2.24) is 30.2 Å². The van der Waals surface area contributed by atoms with E-state index >= 15 is 4.39 Å². The molecule has 0 spiro atoms. The van der Waals surface area contributed by atoms with Gasteiger partial charge in [-0.05, 0) is 42.3 Å². The van der Waals surface area contributed by atoms with E-state index in [1.165, 1.54) is 19.2 Å². The topological polar surface area (TPSA) is 177 Å². The van der Waals surface area contributed by atoms with Crippen LogP contribution in [0.25, 0.3) is 0 Å². The number of hydrogen-bond acceptors (Lipinski definition) is 10. The van der Waals surface area contributed by atoms with Crippen LogP contribution in [-0.2, 0) is 38.8 Å². The molecule has 8 rings (SSSR count). The van der Waals surface area contributed by atoms with Gasteiger partial charge in [-0.25, -0.2) is 4.39 Å². The zero-order chi connectivity index (χ0) is 38.4. The van der Waals surface area contributed by atoms with E-state index in [0.29, 0.717) is 44.1 Å². The summed E-state index contributed by atoms with van der Waals surface area (Å²) in [5.41, 5.74) is 3.43. The minimum Gasteiger partial charge on any atom is -0.369 e. The predicted octanol–water partition coefficient (Wildman–Crippen LogP) is 2.75. The maximum absolute atomic E-state index is 15.8. The fraction of sp³-hybridized carbons (Fsp3) is 0.308. The number of rotatable bonds is 9. The highest BCUT2D eigenvalue weighted by Gasteiger charge is 2.46. The molecule has 0 aliphatic carbocycles. The zero-order valence-corrected chi connectivity index (χ0v) is 29.8. The van der Waals surface area contributed by atoms with Gasteiger partial charge in [0.25, 0.3) is 23.6 Å². The summed E-state index contributed by atoms with van der Waals surface area (Å²) in [7, 11) is 1.50. The summed E-state index contributed by atoms with van der Waals surface area (Å²) in [4.78, 5) is 83.4. The lowest BCUT2D eigenvalue weighted by Gasteiger charge is -2.36. The lowest BCUT2D eigenvalue weighted by molar-refractivity contribution is -0.143. The van der Waals surface area contributed by atoms with E-state index < -0.39 is 41.6 Å². The molecule has 0 saturated carbocycles. The van der Waals surface area contributed by atoms with Crippen LogP contribution in [0.15, 0.2) is 66.7 Å². The van der Waals surface area contributed by atoms with E-state index in [1.807, 2.05) is 42.5 Å². The Labute approximate surface area is 314 Å². The van der Waals surface area contributed by atoms with Gasteiger partial charge < -0.3 is 19.9 Å². The van der Waals surface area contributed by atoms with Crippen molar-refractivity contribution in [2.45, 2.75) is 44.6 Å². The average molecular weight is 749 g/mol. The molecule has 15 nitrogen and oxygen atoms in total. The van der Waals surface area contributed by atoms with Crippen LogP contribution in [0.4, 0.5) is 15.9 Å². The molecule has 2 fully saturated rings. The van der Waals surface area contributed by atoms with E-state index in [-0.39, 0.29) is 54.4 Å². The van der Waals surface area contributed by atoms with Crippen LogP contribution in [0.5, 0.6) is 0 Å². The molecular formula is C39H37FN8O7. The predicted molar refractivity (Wildman–Crippen MR) is 194 cm³/mol. The van der Waals surface area contributed by atoms with Crippen molar-refractivity contribution in [2.75, 3.05) is 43.5 Å². The van der Waals surface area contributed by atoms with Crippen molar-refractivity contribution < 1.29 is 37.9 Å². The van der Waals surface area contributed by atoms with Crippen LogP contribution in [-0.4, -0.2) is 99.7 Å². The molecule has 3 aromatic carbocycles. The molecule has 3 N–H and O–H groups in total. The third-order valence-electron chi connectivity index (χ3n) is 10.6. The largest absolute Gasteiger partial charge is 0.369 e. The molecule has 6 amide bonds. The molecule has 16 heteroatoms. The smallest absolute Gasteiger partial charge is 0.265 e. The third kappa shape index (κ3) is 6.63. The number of benzene rings is 3. The number of aromatic amines is 1. The number of amides is 6. The first kappa shape index (κ1) is 35.8. The van der Waals surface area contributed by atoms with Crippen molar-refractivity contribution in [1.29, 1.82) is 0 Å². The summed E-state index contributed by atoms with van der Waals surface area (Å²) in [6.07, 6.45) is -0.771. The highest BCUT2D eigenvalue weighted by atomic mass is 19.1. The van der Waals surface area contributed by atoms with Crippen LogP contribution < -0.4 is 15.5 Å². The number of halogens is 1. The molecule has 1 aromatic heterocycles.